The fraction of sp³-hybridized carbons (Fsp3) is 0.526. The zero-order chi connectivity index (χ0) is 19.3. The summed E-state index contributed by atoms with van der Waals surface area (Å²) in [4.78, 5) is 38.1. The van der Waals surface area contributed by atoms with Crippen LogP contribution in [0.15, 0.2) is 24.3 Å². The van der Waals surface area contributed by atoms with Gasteiger partial charge in [0.15, 0.2) is 12.4 Å². The Bertz CT molecular complexity index is 683. The molecule has 1 amide bonds. The Morgan fingerprint density at radius 2 is 1.96 bits per heavy atom. The summed E-state index contributed by atoms with van der Waals surface area (Å²) in [7, 11) is 0. The number of nitrogens with zero attached hydrogens (tertiary/aromatic N) is 1. The van der Waals surface area contributed by atoms with Crippen LogP contribution in [0.3, 0.4) is 0 Å². The molecular formula is C19H24FNO5. The van der Waals surface area contributed by atoms with Gasteiger partial charge >= 0.3 is 12.1 Å². The molecule has 1 aromatic rings. The lowest BCUT2D eigenvalue weighted by Crippen LogP contribution is -2.50. The third kappa shape index (κ3) is 5.54. The van der Waals surface area contributed by atoms with Crippen LogP contribution in [0, 0.1) is 5.82 Å². The lowest BCUT2D eigenvalue weighted by Gasteiger charge is -2.35. The van der Waals surface area contributed by atoms with Crippen molar-refractivity contribution in [3.05, 3.63) is 35.6 Å². The quantitative estimate of drug-likeness (QED) is 0.604. The molecule has 0 N–H and O–H groups in total. The number of esters is 1. The number of benzene rings is 1. The molecule has 1 aliphatic heterocycles. The second kappa shape index (κ2) is 8.29. The highest BCUT2D eigenvalue weighted by Crippen LogP contribution is 2.21. The second-order valence-electron chi connectivity index (χ2n) is 7.23. The van der Waals surface area contributed by atoms with Crippen molar-refractivity contribution in [2.24, 2.45) is 0 Å². The minimum Gasteiger partial charge on any atom is -0.456 e. The fourth-order valence-corrected chi connectivity index (χ4v) is 2.69. The summed E-state index contributed by atoms with van der Waals surface area (Å²) in [6, 6.07) is 4.40. The maximum atomic E-state index is 13.2. The molecule has 0 aromatic heterocycles. The summed E-state index contributed by atoms with van der Waals surface area (Å²) in [6.07, 6.45) is 1.42. The highest BCUT2D eigenvalue weighted by molar-refractivity contribution is 5.98. The Morgan fingerprint density at radius 3 is 2.62 bits per heavy atom. The zero-order valence-corrected chi connectivity index (χ0v) is 15.3. The van der Waals surface area contributed by atoms with Crippen LogP contribution in [0.1, 0.15) is 50.4 Å². The number of ether oxygens (including phenoxy) is 2. The molecule has 1 fully saturated rings. The van der Waals surface area contributed by atoms with E-state index in [0.29, 0.717) is 13.0 Å². The van der Waals surface area contributed by atoms with Crippen LogP contribution in [0.5, 0.6) is 0 Å². The third-order valence-electron chi connectivity index (χ3n) is 3.89. The van der Waals surface area contributed by atoms with Gasteiger partial charge in [0.05, 0.1) is 0 Å². The molecule has 0 saturated carbocycles. The Hall–Kier alpha value is -2.44. The molecule has 0 spiro atoms. The molecule has 1 saturated heterocycles. The van der Waals surface area contributed by atoms with Crippen molar-refractivity contribution in [3.8, 4) is 0 Å². The largest absolute Gasteiger partial charge is 0.456 e. The standard InChI is InChI=1S/C19H24FNO5/c1-19(2,3)26-18(24)21-10-5-4-9-15(21)17(23)25-12-16(22)13-7-6-8-14(20)11-13/h6-8,11,15H,4-5,9-10,12H2,1-3H3. The lowest BCUT2D eigenvalue weighted by atomic mass is 10.0. The van der Waals surface area contributed by atoms with Gasteiger partial charge in [-0.25, -0.2) is 14.0 Å². The third-order valence-corrected chi connectivity index (χ3v) is 3.89. The van der Waals surface area contributed by atoms with E-state index < -0.39 is 41.9 Å². The Morgan fingerprint density at radius 1 is 1.23 bits per heavy atom. The van der Waals surface area contributed by atoms with Crippen molar-refractivity contribution in [2.75, 3.05) is 13.2 Å². The van der Waals surface area contributed by atoms with Crippen molar-refractivity contribution in [1.29, 1.82) is 0 Å². The maximum Gasteiger partial charge on any atom is 0.411 e. The average Bonchev–Trinajstić information content (AvgIpc) is 2.58. The SMILES string of the molecule is CC(C)(C)OC(=O)N1CCCCC1C(=O)OCC(=O)c1cccc(F)c1. The Labute approximate surface area is 152 Å². The molecule has 0 radical (unpaired) electrons. The van der Waals surface area contributed by atoms with E-state index in [9.17, 15) is 18.8 Å². The number of likely N-dealkylation sites (tertiary alicyclic amines) is 1. The monoisotopic (exact) mass is 365 g/mol. The van der Waals surface area contributed by atoms with Gasteiger partial charge in [0, 0.05) is 12.1 Å². The van der Waals surface area contributed by atoms with E-state index in [-0.39, 0.29) is 5.56 Å². The lowest BCUT2D eigenvalue weighted by molar-refractivity contribution is -0.150. The van der Waals surface area contributed by atoms with Crippen LogP contribution in [0.4, 0.5) is 9.18 Å². The highest BCUT2D eigenvalue weighted by Gasteiger charge is 2.36. The van der Waals surface area contributed by atoms with Crippen LogP contribution < -0.4 is 0 Å². The molecule has 0 bridgehead atoms. The van der Waals surface area contributed by atoms with E-state index in [1.165, 1.54) is 23.1 Å². The highest BCUT2D eigenvalue weighted by atomic mass is 19.1. The predicted molar refractivity (Wildman–Crippen MR) is 92.3 cm³/mol. The first-order valence-corrected chi connectivity index (χ1v) is 8.62. The minimum absolute atomic E-state index is 0.130. The first-order valence-electron chi connectivity index (χ1n) is 8.62. The summed E-state index contributed by atoms with van der Waals surface area (Å²) in [5.74, 6) is -1.69. The number of carbonyl (C=O) groups excluding carboxylic acids is 3. The van der Waals surface area contributed by atoms with Crippen molar-refractivity contribution < 1.29 is 28.2 Å². The van der Waals surface area contributed by atoms with Gasteiger partial charge in [-0.05, 0) is 52.2 Å². The van der Waals surface area contributed by atoms with Crippen LogP contribution in [-0.2, 0) is 14.3 Å². The second-order valence-corrected chi connectivity index (χ2v) is 7.23. The molecule has 6 nitrogen and oxygen atoms in total. The molecular weight excluding hydrogens is 341 g/mol. The number of halogens is 1. The van der Waals surface area contributed by atoms with Crippen molar-refractivity contribution in [2.45, 2.75) is 51.7 Å². The molecule has 1 unspecified atom stereocenters. The van der Waals surface area contributed by atoms with E-state index in [4.69, 9.17) is 9.47 Å². The first-order chi connectivity index (χ1) is 12.2. The number of hydrogen-bond acceptors (Lipinski definition) is 5. The average molecular weight is 365 g/mol. The molecule has 1 atom stereocenters. The zero-order valence-electron chi connectivity index (χ0n) is 15.3. The molecule has 0 aliphatic carbocycles. The summed E-state index contributed by atoms with van der Waals surface area (Å²) < 4.78 is 23.6. The van der Waals surface area contributed by atoms with Crippen molar-refractivity contribution in [3.63, 3.8) is 0 Å². The summed E-state index contributed by atoms with van der Waals surface area (Å²) in [5.41, 5.74) is -0.540. The molecule has 1 heterocycles. The molecule has 1 aliphatic rings. The van der Waals surface area contributed by atoms with Crippen LogP contribution in [-0.4, -0.2) is 47.5 Å². The number of rotatable bonds is 4. The van der Waals surface area contributed by atoms with Crippen LogP contribution >= 0.6 is 0 Å². The van der Waals surface area contributed by atoms with Crippen LogP contribution in [0.25, 0.3) is 0 Å². The summed E-state index contributed by atoms with van der Waals surface area (Å²) in [6.45, 7) is 5.15. The molecule has 2 rings (SSSR count). The smallest absolute Gasteiger partial charge is 0.411 e. The first kappa shape index (κ1) is 19.9. The van der Waals surface area contributed by atoms with E-state index >= 15 is 0 Å². The number of hydrogen-bond donors (Lipinski definition) is 0. The van der Waals surface area contributed by atoms with E-state index in [1.807, 2.05) is 0 Å². The number of carbonyl (C=O) groups is 3. The molecule has 142 valence electrons. The number of piperidine rings is 1. The van der Waals surface area contributed by atoms with Gasteiger partial charge in [0.25, 0.3) is 0 Å². The topological polar surface area (TPSA) is 72.9 Å². The Balaban J connectivity index is 1.97. The maximum absolute atomic E-state index is 13.2. The predicted octanol–water partition coefficient (Wildman–Crippen LogP) is 3.34. The van der Waals surface area contributed by atoms with Gasteiger partial charge in [-0.1, -0.05) is 12.1 Å². The van der Waals surface area contributed by atoms with Crippen LogP contribution in [0.2, 0.25) is 0 Å². The van der Waals surface area contributed by atoms with E-state index in [1.54, 1.807) is 20.8 Å². The molecule has 26 heavy (non-hydrogen) atoms. The summed E-state index contributed by atoms with van der Waals surface area (Å²) in [5, 5.41) is 0. The van der Waals surface area contributed by atoms with Gasteiger partial charge < -0.3 is 9.47 Å². The number of Topliss-reactive ketones (excluding diaryl/α,β-unsaturated/α-hetero) is 1. The fourth-order valence-electron chi connectivity index (χ4n) is 2.69. The molecule has 7 heteroatoms. The van der Waals surface area contributed by atoms with Gasteiger partial charge in [-0.3, -0.25) is 9.69 Å². The van der Waals surface area contributed by atoms with E-state index in [0.717, 1.165) is 18.9 Å². The van der Waals surface area contributed by atoms with Gasteiger partial charge in [-0.15, -0.1) is 0 Å². The van der Waals surface area contributed by atoms with Crippen molar-refractivity contribution in [1.82, 2.24) is 4.90 Å². The minimum atomic E-state index is -0.779. The van der Waals surface area contributed by atoms with E-state index in [2.05, 4.69) is 0 Å². The van der Waals surface area contributed by atoms with Gasteiger partial charge in [0.2, 0.25) is 0 Å². The number of amides is 1. The Kier molecular flexibility index (Phi) is 6.34. The van der Waals surface area contributed by atoms with Gasteiger partial charge in [0.1, 0.15) is 17.5 Å². The van der Waals surface area contributed by atoms with Crippen molar-refractivity contribution >= 4 is 17.8 Å². The normalized spacial score (nSPS) is 17.5. The number of ketones is 1. The summed E-state index contributed by atoms with van der Waals surface area (Å²) >= 11 is 0. The van der Waals surface area contributed by atoms with Gasteiger partial charge in [-0.2, -0.15) is 0 Å². The molecule has 1 aromatic carbocycles.